The summed E-state index contributed by atoms with van der Waals surface area (Å²) in [5.74, 6) is 0.862. The van der Waals surface area contributed by atoms with Crippen molar-refractivity contribution in [2.75, 3.05) is 36.5 Å². The number of hydrogen-bond donors (Lipinski definition) is 1. The summed E-state index contributed by atoms with van der Waals surface area (Å²) in [6.45, 7) is 5.20. The molecule has 0 bridgehead atoms. The highest BCUT2D eigenvalue weighted by molar-refractivity contribution is 7.92. The topological polar surface area (TPSA) is 84.9 Å². The van der Waals surface area contributed by atoms with Crippen LogP contribution in [0, 0.1) is 5.92 Å². The van der Waals surface area contributed by atoms with Gasteiger partial charge in [-0.25, -0.2) is 8.42 Å². The number of anilines is 2. The molecule has 156 valence electrons. The first-order valence-corrected chi connectivity index (χ1v) is 11.0. The summed E-state index contributed by atoms with van der Waals surface area (Å²) >= 11 is 0. The fourth-order valence-electron chi connectivity index (χ4n) is 3.10. The zero-order valence-electron chi connectivity index (χ0n) is 16.8. The molecule has 0 saturated heterocycles. The van der Waals surface area contributed by atoms with E-state index >= 15 is 0 Å². The number of hydrogen-bond acceptors (Lipinski definition) is 5. The summed E-state index contributed by atoms with van der Waals surface area (Å²) < 4.78 is 38.6. The number of ether oxygens (including phenoxy) is 2. The van der Waals surface area contributed by atoms with E-state index in [9.17, 15) is 13.2 Å². The molecule has 0 radical (unpaired) electrons. The minimum Gasteiger partial charge on any atom is -0.493 e. The number of nitrogens with zero attached hydrogens (tertiary/aromatic N) is 1. The first-order chi connectivity index (χ1) is 13.8. The third-order valence-corrected chi connectivity index (χ3v) is 5.92. The molecule has 8 heteroatoms. The van der Waals surface area contributed by atoms with Crippen LogP contribution in [0.4, 0.5) is 11.4 Å². The van der Waals surface area contributed by atoms with Crippen LogP contribution in [0.2, 0.25) is 0 Å². The van der Waals surface area contributed by atoms with Gasteiger partial charge in [0.05, 0.1) is 17.2 Å². The second-order valence-electron chi connectivity index (χ2n) is 7.35. The lowest BCUT2D eigenvalue weighted by Gasteiger charge is -2.18. The Bertz CT molecular complexity index is 971. The van der Waals surface area contributed by atoms with Crippen LogP contribution in [0.5, 0.6) is 5.75 Å². The molecule has 0 atom stereocenters. The van der Waals surface area contributed by atoms with Crippen molar-refractivity contribution in [3.8, 4) is 5.75 Å². The summed E-state index contributed by atoms with van der Waals surface area (Å²) in [5.41, 5.74) is 2.12. The molecule has 0 fully saturated rings. The van der Waals surface area contributed by atoms with E-state index in [-0.39, 0.29) is 17.4 Å². The van der Waals surface area contributed by atoms with Gasteiger partial charge < -0.3 is 14.4 Å². The quantitative estimate of drug-likeness (QED) is 0.712. The normalized spacial score (nSPS) is 13.4. The minimum atomic E-state index is -3.76. The standard InChI is InChI=1S/C21H26N2O5S/c1-15(2)13-28-18-6-8-19(9-7-18)29(25,26)22-17-5-4-16-10-11-23(20(16)12-17)21(24)14-27-3/h4-9,12,15,22H,10-11,13-14H2,1-3H3. The van der Waals surface area contributed by atoms with Gasteiger partial charge in [0.2, 0.25) is 0 Å². The van der Waals surface area contributed by atoms with Crippen molar-refractivity contribution in [1.82, 2.24) is 0 Å². The molecule has 0 aromatic heterocycles. The lowest BCUT2D eigenvalue weighted by atomic mass is 10.1. The Balaban J connectivity index is 1.76. The highest BCUT2D eigenvalue weighted by atomic mass is 32.2. The van der Waals surface area contributed by atoms with Gasteiger partial charge in [0.15, 0.2) is 0 Å². The molecule has 0 aliphatic carbocycles. The molecule has 0 spiro atoms. The van der Waals surface area contributed by atoms with Gasteiger partial charge in [-0.2, -0.15) is 0 Å². The van der Waals surface area contributed by atoms with Crippen molar-refractivity contribution in [3.63, 3.8) is 0 Å². The average Bonchev–Trinajstić information content (AvgIpc) is 3.10. The maximum Gasteiger partial charge on any atom is 0.261 e. The number of methoxy groups -OCH3 is 1. The number of benzene rings is 2. The number of carbonyl (C=O) groups excluding carboxylic acids is 1. The van der Waals surface area contributed by atoms with Crippen LogP contribution in [-0.4, -0.2) is 41.2 Å². The Morgan fingerprint density at radius 3 is 2.55 bits per heavy atom. The van der Waals surface area contributed by atoms with Crippen LogP contribution >= 0.6 is 0 Å². The molecule has 2 aromatic rings. The van der Waals surface area contributed by atoms with Gasteiger partial charge in [-0.3, -0.25) is 9.52 Å². The Hall–Kier alpha value is -2.58. The van der Waals surface area contributed by atoms with E-state index in [1.807, 2.05) is 19.9 Å². The summed E-state index contributed by atoms with van der Waals surface area (Å²) in [7, 11) is -2.29. The van der Waals surface area contributed by atoms with Crippen molar-refractivity contribution in [1.29, 1.82) is 0 Å². The van der Waals surface area contributed by atoms with Crippen LogP contribution < -0.4 is 14.4 Å². The molecule has 3 rings (SSSR count). The van der Waals surface area contributed by atoms with Gasteiger partial charge in [-0.15, -0.1) is 0 Å². The molecule has 0 unspecified atom stereocenters. The zero-order chi connectivity index (χ0) is 21.0. The number of nitrogens with one attached hydrogen (secondary N) is 1. The predicted molar refractivity (Wildman–Crippen MR) is 112 cm³/mol. The van der Waals surface area contributed by atoms with E-state index in [1.54, 1.807) is 29.2 Å². The Labute approximate surface area is 171 Å². The van der Waals surface area contributed by atoms with Crippen LogP contribution in [0.1, 0.15) is 19.4 Å². The number of carbonyl (C=O) groups is 1. The average molecular weight is 419 g/mol. The largest absolute Gasteiger partial charge is 0.493 e. The SMILES string of the molecule is COCC(=O)N1CCc2ccc(NS(=O)(=O)c3ccc(OCC(C)C)cc3)cc21. The first kappa shape index (κ1) is 21.1. The first-order valence-electron chi connectivity index (χ1n) is 9.48. The summed E-state index contributed by atoms with van der Waals surface area (Å²) in [5, 5.41) is 0. The van der Waals surface area contributed by atoms with Gasteiger partial charge in [0.25, 0.3) is 15.9 Å². The molecule has 1 N–H and O–H groups in total. The second-order valence-corrected chi connectivity index (χ2v) is 9.04. The number of rotatable bonds is 8. The molecular weight excluding hydrogens is 392 g/mol. The van der Waals surface area contributed by atoms with Crippen LogP contribution in [-0.2, 0) is 26.0 Å². The monoisotopic (exact) mass is 418 g/mol. The van der Waals surface area contributed by atoms with E-state index in [4.69, 9.17) is 9.47 Å². The number of amides is 1. The van der Waals surface area contributed by atoms with E-state index in [0.717, 1.165) is 12.0 Å². The molecule has 0 saturated carbocycles. The van der Waals surface area contributed by atoms with Crippen LogP contribution in [0.3, 0.4) is 0 Å². The molecular formula is C21H26N2O5S. The smallest absolute Gasteiger partial charge is 0.261 e. The van der Waals surface area contributed by atoms with Gasteiger partial charge in [-0.1, -0.05) is 19.9 Å². The zero-order valence-corrected chi connectivity index (χ0v) is 17.7. The van der Waals surface area contributed by atoms with E-state index in [0.29, 0.717) is 36.2 Å². The van der Waals surface area contributed by atoms with Gasteiger partial charge in [-0.05, 0) is 54.3 Å². The maximum atomic E-state index is 12.7. The van der Waals surface area contributed by atoms with Crippen molar-refractivity contribution in [3.05, 3.63) is 48.0 Å². The lowest BCUT2D eigenvalue weighted by molar-refractivity contribution is -0.122. The Kier molecular flexibility index (Phi) is 6.44. The number of sulfonamides is 1. The van der Waals surface area contributed by atoms with Crippen LogP contribution in [0.25, 0.3) is 0 Å². The maximum absolute atomic E-state index is 12.7. The molecule has 1 aliphatic rings. The van der Waals surface area contributed by atoms with Crippen molar-refractivity contribution >= 4 is 27.3 Å². The molecule has 1 aliphatic heterocycles. The molecule has 7 nitrogen and oxygen atoms in total. The van der Waals surface area contributed by atoms with Crippen molar-refractivity contribution in [2.45, 2.75) is 25.2 Å². The highest BCUT2D eigenvalue weighted by Gasteiger charge is 2.25. The Morgan fingerprint density at radius 2 is 1.90 bits per heavy atom. The molecule has 29 heavy (non-hydrogen) atoms. The predicted octanol–water partition coefficient (Wildman–Crippen LogP) is 3.06. The fraction of sp³-hybridized carbons (Fsp3) is 0.381. The van der Waals surface area contributed by atoms with Crippen LogP contribution in [0.15, 0.2) is 47.4 Å². The van der Waals surface area contributed by atoms with E-state index in [1.165, 1.54) is 19.2 Å². The molecule has 1 heterocycles. The van der Waals surface area contributed by atoms with Crippen molar-refractivity contribution in [2.24, 2.45) is 5.92 Å². The minimum absolute atomic E-state index is 0.0133. The van der Waals surface area contributed by atoms with Gasteiger partial charge >= 0.3 is 0 Å². The number of fused-ring (bicyclic) bond motifs is 1. The molecule has 2 aromatic carbocycles. The van der Waals surface area contributed by atoms with Gasteiger partial charge in [0, 0.05) is 19.3 Å². The third kappa shape index (κ3) is 5.07. The van der Waals surface area contributed by atoms with E-state index in [2.05, 4.69) is 4.72 Å². The van der Waals surface area contributed by atoms with Crippen molar-refractivity contribution < 1.29 is 22.7 Å². The third-order valence-electron chi connectivity index (χ3n) is 4.52. The Morgan fingerprint density at radius 1 is 1.17 bits per heavy atom. The van der Waals surface area contributed by atoms with Gasteiger partial charge in [0.1, 0.15) is 12.4 Å². The molecule has 1 amide bonds. The summed E-state index contributed by atoms with van der Waals surface area (Å²) in [4.78, 5) is 14.0. The summed E-state index contributed by atoms with van der Waals surface area (Å²) in [6.07, 6.45) is 0.732. The summed E-state index contributed by atoms with van der Waals surface area (Å²) in [6, 6.07) is 11.6. The lowest BCUT2D eigenvalue weighted by Crippen LogP contribution is -2.32. The fourth-order valence-corrected chi connectivity index (χ4v) is 4.14. The highest BCUT2D eigenvalue weighted by Crippen LogP contribution is 2.32. The second kappa shape index (κ2) is 8.84. The van der Waals surface area contributed by atoms with E-state index < -0.39 is 10.0 Å².